The number of hydrogen-bond donors (Lipinski definition) is 1. The summed E-state index contributed by atoms with van der Waals surface area (Å²) in [5.41, 5.74) is 1.25. The summed E-state index contributed by atoms with van der Waals surface area (Å²) < 4.78 is 7.55. The molecule has 0 atom stereocenters. The average Bonchev–Trinajstić information content (AvgIpc) is 2.37. The number of aromatic carboxylic acids is 1. The van der Waals surface area contributed by atoms with Crippen LogP contribution in [0.5, 0.6) is 5.75 Å². The molecule has 0 radical (unpaired) electrons. The molecule has 0 heterocycles. The van der Waals surface area contributed by atoms with Crippen molar-refractivity contribution in [1.29, 1.82) is 0 Å². The van der Waals surface area contributed by atoms with Gasteiger partial charge in [-0.05, 0) is 58.5 Å². The van der Waals surface area contributed by atoms with Crippen LogP contribution in [0, 0.1) is 3.57 Å². The first-order valence-electron chi connectivity index (χ1n) is 5.46. The molecule has 2 aromatic carbocycles. The number of carboxylic acids is 1. The average molecular weight is 433 g/mol. The number of hydrogen-bond acceptors (Lipinski definition) is 2. The fraction of sp³-hybridized carbons (Fsp3) is 0.0714. The number of carboxylic acid groups (broad SMARTS) is 1. The van der Waals surface area contributed by atoms with Crippen LogP contribution in [0.4, 0.5) is 0 Å². The Labute approximate surface area is 132 Å². The Balaban J connectivity index is 2.15. The smallest absolute Gasteiger partial charge is 0.335 e. The van der Waals surface area contributed by atoms with Crippen molar-refractivity contribution in [2.45, 2.75) is 6.61 Å². The zero-order chi connectivity index (χ0) is 13.8. The van der Waals surface area contributed by atoms with Crippen molar-refractivity contribution in [2.24, 2.45) is 0 Å². The van der Waals surface area contributed by atoms with E-state index in [0.717, 1.165) is 13.6 Å². The lowest BCUT2D eigenvalue weighted by atomic mass is 10.2. The minimum atomic E-state index is -0.955. The van der Waals surface area contributed by atoms with Gasteiger partial charge in [0, 0.05) is 4.47 Å². The minimum Gasteiger partial charge on any atom is -0.488 e. The Morgan fingerprint density at radius 1 is 1.26 bits per heavy atom. The van der Waals surface area contributed by atoms with E-state index in [0.29, 0.717) is 12.4 Å². The molecule has 0 spiro atoms. The first-order valence-corrected chi connectivity index (χ1v) is 7.33. The molecule has 1 N–H and O–H groups in total. The van der Waals surface area contributed by atoms with E-state index >= 15 is 0 Å². The largest absolute Gasteiger partial charge is 0.488 e. The monoisotopic (exact) mass is 432 g/mol. The van der Waals surface area contributed by atoms with Crippen LogP contribution in [0.15, 0.2) is 46.9 Å². The van der Waals surface area contributed by atoms with Gasteiger partial charge in [-0.2, -0.15) is 0 Å². The number of rotatable bonds is 4. The number of ether oxygens (including phenoxy) is 1. The highest BCUT2D eigenvalue weighted by atomic mass is 127. The highest BCUT2D eigenvalue weighted by Crippen LogP contribution is 2.24. The number of carbonyl (C=O) groups is 1. The maximum absolute atomic E-state index is 10.9. The van der Waals surface area contributed by atoms with Crippen molar-refractivity contribution in [3.05, 3.63) is 61.6 Å². The fourth-order valence-corrected chi connectivity index (χ4v) is 2.47. The molecule has 0 saturated heterocycles. The first-order chi connectivity index (χ1) is 9.06. The third kappa shape index (κ3) is 3.94. The van der Waals surface area contributed by atoms with Gasteiger partial charge in [0.25, 0.3) is 0 Å². The van der Waals surface area contributed by atoms with Gasteiger partial charge >= 0.3 is 5.97 Å². The number of halogens is 2. The summed E-state index contributed by atoms with van der Waals surface area (Å²) in [5, 5.41) is 8.96. The molecule has 3 nitrogen and oxygen atoms in total. The molecule has 2 aromatic rings. The van der Waals surface area contributed by atoms with Gasteiger partial charge < -0.3 is 9.84 Å². The van der Waals surface area contributed by atoms with Crippen molar-refractivity contribution in [2.75, 3.05) is 0 Å². The predicted molar refractivity (Wildman–Crippen MR) is 84.6 cm³/mol. The Bertz CT molecular complexity index is 613. The molecule has 0 unspecified atom stereocenters. The molecule has 19 heavy (non-hydrogen) atoms. The normalized spacial score (nSPS) is 10.2. The highest BCUT2D eigenvalue weighted by Gasteiger charge is 2.08. The molecule has 98 valence electrons. The van der Waals surface area contributed by atoms with Gasteiger partial charge in [-0.25, -0.2) is 4.79 Å². The summed E-state index contributed by atoms with van der Waals surface area (Å²) in [6, 6.07) is 12.6. The van der Waals surface area contributed by atoms with Crippen molar-refractivity contribution in [3.8, 4) is 5.75 Å². The summed E-state index contributed by atoms with van der Waals surface area (Å²) in [6.45, 7) is 0.401. The van der Waals surface area contributed by atoms with Crippen molar-refractivity contribution in [3.63, 3.8) is 0 Å². The molecule has 0 aliphatic rings. The third-order valence-corrected chi connectivity index (χ3v) is 3.85. The molecule has 0 aromatic heterocycles. The molecule has 0 aliphatic carbocycles. The molecular weight excluding hydrogens is 423 g/mol. The van der Waals surface area contributed by atoms with Crippen LogP contribution in [-0.4, -0.2) is 11.1 Å². The van der Waals surface area contributed by atoms with Gasteiger partial charge in [0.05, 0.1) is 9.13 Å². The summed E-state index contributed by atoms with van der Waals surface area (Å²) >= 11 is 5.52. The zero-order valence-electron chi connectivity index (χ0n) is 9.77. The Morgan fingerprint density at radius 2 is 2.05 bits per heavy atom. The van der Waals surface area contributed by atoms with Crippen LogP contribution in [0.2, 0.25) is 0 Å². The third-order valence-electron chi connectivity index (χ3n) is 2.46. The van der Waals surface area contributed by atoms with Crippen molar-refractivity contribution >= 4 is 44.5 Å². The van der Waals surface area contributed by atoms with E-state index in [1.165, 1.54) is 0 Å². The topological polar surface area (TPSA) is 46.5 Å². The molecule has 0 fully saturated rings. The zero-order valence-corrected chi connectivity index (χ0v) is 13.5. The maximum Gasteiger partial charge on any atom is 0.335 e. The molecule has 0 saturated carbocycles. The predicted octanol–water partition coefficient (Wildman–Crippen LogP) is 4.33. The first kappa shape index (κ1) is 14.3. The van der Waals surface area contributed by atoms with Crippen LogP contribution in [0.25, 0.3) is 0 Å². The second-order valence-corrected chi connectivity index (χ2v) is 5.95. The van der Waals surface area contributed by atoms with E-state index in [4.69, 9.17) is 9.84 Å². The SMILES string of the molecule is O=C(O)c1ccc(I)c(OCc2cccc(Br)c2)c1. The second-order valence-electron chi connectivity index (χ2n) is 3.87. The summed E-state index contributed by atoms with van der Waals surface area (Å²) in [4.78, 5) is 10.9. The molecule has 0 amide bonds. The second kappa shape index (κ2) is 6.38. The highest BCUT2D eigenvalue weighted by molar-refractivity contribution is 14.1. The van der Waals surface area contributed by atoms with E-state index in [9.17, 15) is 4.79 Å². The van der Waals surface area contributed by atoms with Gasteiger partial charge in [0.2, 0.25) is 0 Å². The van der Waals surface area contributed by atoms with Crippen molar-refractivity contribution in [1.82, 2.24) is 0 Å². The molecule has 0 aliphatic heterocycles. The Hall–Kier alpha value is -1.08. The van der Waals surface area contributed by atoms with Gasteiger partial charge in [-0.3, -0.25) is 0 Å². The lowest BCUT2D eigenvalue weighted by Crippen LogP contribution is -2.01. The lowest BCUT2D eigenvalue weighted by Gasteiger charge is -2.09. The van der Waals surface area contributed by atoms with Crippen LogP contribution >= 0.6 is 38.5 Å². The summed E-state index contributed by atoms with van der Waals surface area (Å²) in [7, 11) is 0. The van der Waals surface area contributed by atoms with E-state index < -0.39 is 5.97 Å². The van der Waals surface area contributed by atoms with E-state index in [-0.39, 0.29) is 5.56 Å². The molecule has 0 bridgehead atoms. The Morgan fingerprint density at radius 3 is 2.74 bits per heavy atom. The van der Waals surface area contributed by atoms with E-state index in [1.807, 2.05) is 24.3 Å². The van der Waals surface area contributed by atoms with Gasteiger partial charge in [-0.15, -0.1) is 0 Å². The Kier molecular flexibility index (Phi) is 4.81. The molecule has 2 rings (SSSR count). The lowest BCUT2D eigenvalue weighted by molar-refractivity contribution is 0.0696. The van der Waals surface area contributed by atoms with Crippen molar-refractivity contribution < 1.29 is 14.6 Å². The summed E-state index contributed by atoms with van der Waals surface area (Å²) in [5.74, 6) is -0.371. The van der Waals surface area contributed by atoms with Gasteiger partial charge in [-0.1, -0.05) is 28.1 Å². The van der Waals surface area contributed by atoms with Crippen LogP contribution in [-0.2, 0) is 6.61 Å². The van der Waals surface area contributed by atoms with Gasteiger partial charge in [0.15, 0.2) is 0 Å². The van der Waals surface area contributed by atoms with E-state index in [1.54, 1.807) is 18.2 Å². The van der Waals surface area contributed by atoms with E-state index in [2.05, 4.69) is 38.5 Å². The van der Waals surface area contributed by atoms with Crippen LogP contribution in [0.1, 0.15) is 15.9 Å². The standard InChI is InChI=1S/C14H10BrIO3/c15-11-3-1-2-9(6-11)8-19-13-7-10(14(17)18)4-5-12(13)16/h1-7H,8H2,(H,17,18). The van der Waals surface area contributed by atoms with Crippen LogP contribution in [0.3, 0.4) is 0 Å². The number of benzene rings is 2. The fourth-order valence-electron chi connectivity index (χ4n) is 1.53. The van der Waals surface area contributed by atoms with Gasteiger partial charge in [0.1, 0.15) is 12.4 Å². The quantitative estimate of drug-likeness (QED) is 0.731. The summed E-state index contributed by atoms with van der Waals surface area (Å²) in [6.07, 6.45) is 0. The molecular formula is C14H10BrIO3. The molecule has 5 heteroatoms. The minimum absolute atomic E-state index is 0.227. The van der Waals surface area contributed by atoms with Crippen LogP contribution < -0.4 is 4.74 Å². The maximum atomic E-state index is 10.9.